The standard InChI is InChI=1S/C15H25NS2/c1-16(10-7-14-6-5-11-18-14)12-15(13-17)8-3-2-4-9-15/h5-6,11,17H,2-4,7-10,12-13H2,1H3. The first-order valence-electron chi connectivity index (χ1n) is 7.06. The molecule has 0 aliphatic heterocycles. The molecule has 102 valence electrons. The lowest BCUT2D eigenvalue weighted by molar-refractivity contribution is 0.145. The number of thiol groups is 1. The van der Waals surface area contributed by atoms with Gasteiger partial charge in [-0.3, -0.25) is 0 Å². The van der Waals surface area contributed by atoms with Crippen LogP contribution < -0.4 is 0 Å². The van der Waals surface area contributed by atoms with Crippen LogP contribution in [-0.2, 0) is 6.42 Å². The SMILES string of the molecule is CN(CCc1cccs1)CC1(CS)CCCCC1. The lowest BCUT2D eigenvalue weighted by Gasteiger charge is -2.39. The van der Waals surface area contributed by atoms with E-state index in [2.05, 4.69) is 42.1 Å². The van der Waals surface area contributed by atoms with Gasteiger partial charge in [0.25, 0.3) is 0 Å². The van der Waals surface area contributed by atoms with Crippen LogP contribution in [0.3, 0.4) is 0 Å². The van der Waals surface area contributed by atoms with E-state index in [0.29, 0.717) is 5.41 Å². The van der Waals surface area contributed by atoms with Crippen LogP contribution in [-0.4, -0.2) is 30.8 Å². The smallest absolute Gasteiger partial charge is 0.00579 e. The summed E-state index contributed by atoms with van der Waals surface area (Å²) in [6.45, 7) is 2.40. The van der Waals surface area contributed by atoms with E-state index in [9.17, 15) is 0 Å². The Kier molecular flexibility index (Phi) is 5.58. The third kappa shape index (κ3) is 4.01. The summed E-state index contributed by atoms with van der Waals surface area (Å²) in [6, 6.07) is 4.39. The third-order valence-corrected chi connectivity index (χ3v) is 5.78. The lowest BCUT2D eigenvalue weighted by atomic mass is 9.75. The van der Waals surface area contributed by atoms with Gasteiger partial charge < -0.3 is 4.90 Å². The minimum Gasteiger partial charge on any atom is -0.305 e. The summed E-state index contributed by atoms with van der Waals surface area (Å²) in [5.41, 5.74) is 0.492. The normalized spacial score (nSPS) is 19.3. The van der Waals surface area contributed by atoms with Gasteiger partial charge in [-0.05, 0) is 48.9 Å². The van der Waals surface area contributed by atoms with Crippen molar-refractivity contribution in [1.82, 2.24) is 4.90 Å². The molecule has 1 aromatic heterocycles. The highest BCUT2D eigenvalue weighted by atomic mass is 32.1. The highest BCUT2D eigenvalue weighted by Crippen LogP contribution is 2.37. The predicted octanol–water partition coefficient (Wildman–Crippen LogP) is 4.10. The summed E-state index contributed by atoms with van der Waals surface area (Å²) >= 11 is 6.50. The first kappa shape index (κ1) is 14.4. The molecule has 0 atom stereocenters. The zero-order valence-corrected chi connectivity index (χ0v) is 13.1. The molecule has 1 aliphatic rings. The summed E-state index contributed by atoms with van der Waals surface area (Å²) in [6.07, 6.45) is 8.17. The molecule has 1 nitrogen and oxygen atoms in total. The summed E-state index contributed by atoms with van der Waals surface area (Å²) in [5.74, 6) is 1.05. The fourth-order valence-electron chi connectivity index (χ4n) is 3.08. The van der Waals surface area contributed by atoms with Crippen LogP contribution in [0.5, 0.6) is 0 Å². The van der Waals surface area contributed by atoms with Gasteiger partial charge in [0.05, 0.1) is 0 Å². The second-order valence-corrected chi connectivity index (χ2v) is 7.13. The van der Waals surface area contributed by atoms with Crippen molar-refractivity contribution in [3.05, 3.63) is 22.4 Å². The van der Waals surface area contributed by atoms with Crippen LogP contribution in [0, 0.1) is 5.41 Å². The number of rotatable bonds is 6. The maximum atomic E-state index is 4.63. The first-order valence-corrected chi connectivity index (χ1v) is 8.57. The summed E-state index contributed by atoms with van der Waals surface area (Å²) in [4.78, 5) is 4.02. The molecule has 0 radical (unpaired) electrons. The van der Waals surface area contributed by atoms with Crippen molar-refractivity contribution < 1.29 is 0 Å². The summed E-state index contributed by atoms with van der Waals surface area (Å²) in [7, 11) is 2.27. The Hall–Kier alpha value is 0.01000. The van der Waals surface area contributed by atoms with Gasteiger partial charge in [-0.2, -0.15) is 12.6 Å². The van der Waals surface area contributed by atoms with Crippen LogP contribution in [0.2, 0.25) is 0 Å². The molecule has 0 bridgehead atoms. The van der Waals surface area contributed by atoms with Gasteiger partial charge in [-0.25, -0.2) is 0 Å². The molecule has 3 heteroatoms. The molecule has 0 unspecified atom stereocenters. The first-order chi connectivity index (χ1) is 8.74. The fourth-order valence-corrected chi connectivity index (χ4v) is 4.19. The maximum absolute atomic E-state index is 4.63. The molecular formula is C15H25NS2. The average molecular weight is 284 g/mol. The number of nitrogens with zero attached hydrogens (tertiary/aromatic N) is 1. The van der Waals surface area contributed by atoms with Crippen molar-refractivity contribution >= 4 is 24.0 Å². The highest BCUT2D eigenvalue weighted by Gasteiger charge is 2.31. The molecule has 1 aromatic rings. The minimum absolute atomic E-state index is 0.492. The van der Waals surface area contributed by atoms with E-state index in [1.54, 1.807) is 0 Å². The third-order valence-electron chi connectivity index (χ3n) is 4.17. The molecule has 1 aliphatic carbocycles. The molecule has 1 heterocycles. The van der Waals surface area contributed by atoms with Gasteiger partial charge in [-0.15, -0.1) is 11.3 Å². The summed E-state index contributed by atoms with van der Waals surface area (Å²) in [5, 5.41) is 2.17. The van der Waals surface area contributed by atoms with Crippen molar-refractivity contribution in [1.29, 1.82) is 0 Å². The minimum atomic E-state index is 0.492. The van der Waals surface area contributed by atoms with E-state index in [4.69, 9.17) is 0 Å². The Balaban J connectivity index is 1.79. The van der Waals surface area contributed by atoms with E-state index < -0.39 is 0 Å². The number of hydrogen-bond donors (Lipinski definition) is 1. The predicted molar refractivity (Wildman–Crippen MR) is 84.9 cm³/mol. The van der Waals surface area contributed by atoms with Gasteiger partial charge in [0.1, 0.15) is 0 Å². The van der Waals surface area contributed by atoms with Crippen LogP contribution in [0.15, 0.2) is 17.5 Å². The van der Waals surface area contributed by atoms with Gasteiger partial charge in [0.15, 0.2) is 0 Å². The Labute approximate surface area is 121 Å². The zero-order chi connectivity index (χ0) is 12.8. The van der Waals surface area contributed by atoms with Gasteiger partial charge in [0, 0.05) is 18.0 Å². The van der Waals surface area contributed by atoms with Crippen LogP contribution in [0.25, 0.3) is 0 Å². The van der Waals surface area contributed by atoms with Crippen molar-refractivity contribution in [2.75, 3.05) is 25.9 Å². The van der Waals surface area contributed by atoms with E-state index in [-0.39, 0.29) is 0 Å². The van der Waals surface area contributed by atoms with Gasteiger partial charge in [0.2, 0.25) is 0 Å². The highest BCUT2D eigenvalue weighted by molar-refractivity contribution is 7.80. The molecule has 2 rings (SSSR count). The molecule has 0 amide bonds. The molecule has 18 heavy (non-hydrogen) atoms. The Bertz CT molecular complexity index is 328. The van der Waals surface area contributed by atoms with Crippen molar-refractivity contribution in [3.63, 3.8) is 0 Å². The van der Waals surface area contributed by atoms with E-state index in [1.165, 1.54) is 56.5 Å². The Morgan fingerprint density at radius 3 is 2.72 bits per heavy atom. The quantitative estimate of drug-likeness (QED) is 0.769. The monoisotopic (exact) mass is 283 g/mol. The van der Waals surface area contributed by atoms with E-state index >= 15 is 0 Å². The van der Waals surface area contributed by atoms with Crippen LogP contribution in [0.1, 0.15) is 37.0 Å². The molecule has 1 fully saturated rings. The maximum Gasteiger partial charge on any atom is 0.00579 e. The van der Waals surface area contributed by atoms with Gasteiger partial charge in [-0.1, -0.05) is 25.3 Å². The second-order valence-electron chi connectivity index (χ2n) is 5.79. The molecule has 1 saturated carbocycles. The van der Waals surface area contributed by atoms with E-state index in [1.807, 2.05) is 11.3 Å². The van der Waals surface area contributed by atoms with Gasteiger partial charge >= 0.3 is 0 Å². The molecule has 0 saturated heterocycles. The number of thiophene rings is 1. The summed E-state index contributed by atoms with van der Waals surface area (Å²) < 4.78 is 0. The zero-order valence-electron chi connectivity index (χ0n) is 11.4. The number of likely N-dealkylation sites (N-methyl/N-ethyl adjacent to an activating group) is 1. The van der Waals surface area contributed by atoms with E-state index in [0.717, 1.165) is 5.75 Å². The fraction of sp³-hybridized carbons (Fsp3) is 0.733. The van der Waals surface area contributed by atoms with Crippen molar-refractivity contribution in [3.8, 4) is 0 Å². The average Bonchev–Trinajstić information content (AvgIpc) is 2.91. The van der Waals surface area contributed by atoms with Crippen LogP contribution in [0.4, 0.5) is 0 Å². The molecule has 0 N–H and O–H groups in total. The molecule has 0 aromatic carbocycles. The topological polar surface area (TPSA) is 3.24 Å². The Morgan fingerprint density at radius 1 is 1.33 bits per heavy atom. The van der Waals surface area contributed by atoms with Crippen molar-refractivity contribution in [2.45, 2.75) is 38.5 Å². The molecular weight excluding hydrogens is 258 g/mol. The van der Waals surface area contributed by atoms with Crippen LogP contribution >= 0.6 is 24.0 Å². The number of hydrogen-bond acceptors (Lipinski definition) is 3. The largest absolute Gasteiger partial charge is 0.305 e. The Morgan fingerprint density at radius 2 is 2.11 bits per heavy atom. The van der Waals surface area contributed by atoms with Crippen molar-refractivity contribution in [2.24, 2.45) is 5.41 Å². The lowest BCUT2D eigenvalue weighted by Crippen LogP contribution is -2.39. The molecule has 0 spiro atoms. The second kappa shape index (κ2) is 6.97.